The second kappa shape index (κ2) is 8.78. The van der Waals surface area contributed by atoms with Gasteiger partial charge in [0.25, 0.3) is 11.8 Å². The number of nitrogens with zero attached hydrogens (tertiary/aromatic N) is 1. The molecule has 7 nitrogen and oxygen atoms in total. The first-order valence-electron chi connectivity index (χ1n) is 10.7. The summed E-state index contributed by atoms with van der Waals surface area (Å²) in [6, 6.07) is 23.0. The highest BCUT2D eigenvalue weighted by Crippen LogP contribution is 2.37. The van der Waals surface area contributed by atoms with E-state index in [9.17, 15) is 14.4 Å². The summed E-state index contributed by atoms with van der Waals surface area (Å²) < 4.78 is 5.98. The van der Waals surface area contributed by atoms with E-state index < -0.39 is 11.6 Å². The topological polar surface area (TPSA) is 87.7 Å². The summed E-state index contributed by atoms with van der Waals surface area (Å²) in [7, 11) is 0. The van der Waals surface area contributed by atoms with Crippen molar-refractivity contribution in [2.24, 2.45) is 0 Å². The highest BCUT2D eigenvalue weighted by Gasteiger charge is 2.45. The first-order chi connectivity index (χ1) is 15.8. The lowest BCUT2D eigenvalue weighted by Crippen LogP contribution is -2.60. The standard InChI is InChI=1S/C26H25N3O4/c1-17(24(31)29-21-15-9-8-14-20(21)28-25(32)26(29,2)3)33-22-16-10-7-13-19(22)23(30)27-18-11-5-4-6-12-18/h4-17H,1-3H3,(H,27,30)(H,28,32). The van der Waals surface area contributed by atoms with Crippen LogP contribution in [0.25, 0.3) is 0 Å². The van der Waals surface area contributed by atoms with Crippen LogP contribution in [0.15, 0.2) is 78.9 Å². The predicted molar refractivity (Wildman–Crippen MR) is 128 cm³/mol. The number of nitrogens with one attached hydrogen (secondary N) is 2. The molecule has 168 valence electrons. The highest BCUT2D eigenvalue weighted by atomic mass is 16.5. The fourth-order valence-corrected chi connectivity index (χ4v) is 3.75. The van der Waals surface area contributed by atoms with Crippen molar-refractivity contribution in [3.63, 3.8) is 0 Å². The Morgan fingerprint density at radius 3 is 2.33 bits per heavy atom. The number of para-hydroxylation sites is 4. The van der Waals surface area contributed by atoms with Crippen molar-refractivity contribution in [1.29, 1.82) is 0 Å². The van der Waals surface area contributed by atoms with E-state index in [2.05, 4.69) is 10.6 Å². The summed E-state index contributed by atoms with van der Waals surface area (Å²) in [6.45, 7) is 4.98. The molecule has 1 atom stereocenters. The van der Waals surface area contributed by atoms with Crippen molar-refractivity contribution < 1.29 is 19.1 Å². The molecule has 3 aromatic carbocycles. The number of rotatable bonds is 5. The molecule has 0 spiro atoms. The van der Waals surface area contributed by atoms with Gasteiger partial charge in [-0.25, -0.2) is 0 Å². The maximum Gasteiger partial charge on any atom is 0.268 e. The molecule has 1 unspecified atom stereocenters. The molecule has 0 radical (unpaired) electrons. The normalized spacial score (nSPS) is 15.1. The fourth-order valence-electron chi connectivity index (χ4n) is 3.75. The summed E-state index contributed by atoms with van der Waals surface area (Å²) >= 11 is 0. The quantitative estimate of drug-likeness (QED) is 0.609. The smallest absolute Gasteiger partial charge is 0.268 e. The van der Waals surface area contributed by atoms with Crippen LogP contribution in [0.3, 0.4) is 0 Å². The lowest BCUT2D eigenvalue weighted by atomic mass is 9.95. The SMILES string of the molecule is CC(Oc1ccccc1C(=O)Nc1ccccc1)C(=O)N1c2ccccc2NC(=O)C1(C)C. The van der Waals surface area contributed by atoms with E-state index in [0.29, 0.717) is 22.6 Å². The lowest BCUT2D eigenvalue weighted by molar-refractivity contribution is -0.130. The Hall–Kier alpha value is -4.13. The minimum Gasteiger partial charge on any atom is -0.480 e. The first kappa shape index (κ1) is 22.1. The van der Waals surface area contributed by atoms with Crippen LogP contribution in [0.2, 0.25) is 0 Å². The van der Waals surface area contributed by atoms with Gasteiger partial charge < -0.3 is 15.4 Å². The maximum atomic E-state index is 13.5. The monoisotopic (exact) mass is 443 g/mol. The van der Waals surface area contributed by atoms with Gasteiger partial charge in [0.15, 0.2) is 6.10 Å². The molecule has 1 aliphatic heterocycles. The van der Waals surface area contributed by atoms with Crippen LogP contribution in [0.1, 0.15) is 31.1 Å². The average molecular weight is 444 g/mol. The number of hydrogen-bond donors (Lipinski definition) is 2. The molecular formula is C26H25N3O4. The maximum absolute atomic E-state index is 13.5. The van der Waals surface area contributed by atoms with E-state index in [1.165, 1.54) is 4.90 Å². The van der Waals surface area contributed by atoms with Crippen molar-refractivity contribution >= 4 is 34.8 Å². The molecule has 7 heteroatoms. The Kier molecular flexibility index (Phi) is 5.87. The van der Waals surface area contributed by atoms with Crippen LogP contribution >= 0.6 is 0 Å². The van der Waals surface area contributed by atoms with Gasteiger partial charge in [0.1, 0.15) is 11.3 Å². The van der Waals surface area contributed by atoms with Crippen LogP contribution in [-0.2, 0) is 9.59 Å². The average Bonchev–Trinajstić information content (AvgIpc) is 2.80. The molecule has 1 aliphatic rings. The van der Waals surface area contributed by atoms with Gasteiger partial charge >= 0.3 is 0 Å². The second-order valence-corrected chi connectivity index (χ2v) is 8.28. The summed E-state index contributed by atoms with van der Waals surface area (Å²) in [4.78, 5) is 40.5. The van der Waals surface area contributed by atoms with Gasteiger partial charge in [-0.05, 0) is 57.2 Å². The Balaban J connectivity index is 1.59. The third kappa shape index (κ3) is 4.30. The zero-order valence-corrected chi connectivity index (χ0v) is 18.7. The largest absolute Gasteiger partial charge is 0.480 e. The Morgan fingerprint density at radius 1 is 0.939 bits per heavy atom. The molecule has 0 saturated heterocycles. The second-order valence-electron chi connectivity index (χ2n) is 8.28. The van der Waals surface area contributed by atoms with E-state index in [1.807, 2.05) is 18.2 Å². The minimum atomic E-state index is -1.12. The molecule has 3 aromatic rings. The molecule has 0 fully saturated rings. The zero-order valence-electron chi connectivity index (χ0n) is 18.7. The van der Waals surface area contributed by atoms with Gasteiger partial charge in [0.2, 0.25) is 5.91 Å². The van der Waals surface area contributed by atoms with Gasteiger partial charge in [-0.3, -0.25) is 19.3 Å². The third-order valence-corrected chi connectivity index (χ3v) is 5.54. The Morgan fingerprint density at radius 2 is 1.58 bits per heavy atom. The molecule has 0 bridgehead atoms. The van der Waals surface area contributed by atoms with Gasteiger partial charge in [-0.1, -0.05) is 42.5 Å². The number of benzene rings is 3. The highest BCUT2D eigenvalue weighted by molar-refractivity contribution is 6.15. The summed E-state index contributed by atoms with van der Waals surface area (Å²) in [5.74, 6) is -0.747. The molecule has 1 heterocycles. The van der Waals surface area contributed by atoms with Gasteiger partial charge in [-0.15, -0.1) is 0 Å². The Labute approximate surface area is 192 Å². The van der Waals surface area contributed by atoms with Crippen LogP contribution in [-0.4, -0.2) is 29.4 Å². The fraction of sp³-hybridized carbons (Fsp3) is 0.192. The number of carbonyl (C=O) groups excluding carboxylic acids is 3. The van der Waals surface area contributed by atoms with Crippen molar-refractivity contribution in [1.82, 2.24) is 0 Å². The van der Waals surface area contributed by atoms with E-state index >= 15 is 0 Å². The predicted octanol–water partition coefficient (Wildman–Crippen LogP) is 4.47. The first-order valence-corrected chi connectivity index (χ1v) is 10.7. The molecule has 4 rings (SSSR count). The Bertz CT molecular complexity index is 1210. The number of ether oxygens (including phenoxy) is 1. The van der Waals surface area contributed by atoms with Crippen molar-refractivity contribution in [2.45, 2.75) is 32.4 Å². The molecular weight excluding hydrogens is 418 g/mol. The van der Waals surface area contributed by atoms with Crippen molar-refractivity contribution in [3.8, 4) is 5.75 Å². The van der Waals surface area contributed by atoms with Crippen LogP contribution in [0, 0.1) is 0 Å². The zero-order chi connectivity index (χ0) is 23.6. The molecule has 0 aliphatic carbocycles. The van der Waals surface area contributed by atoms with Gasteiger partial charge in [0.05, 0.1) is 16.9 Å². The number of anilines is 3. The van der Waals surface area contributed by atoms with Crippen molar-refractivity contribution in [3.05, 3.63) is 84.4 Å². The number of fused-ring (bicyclic) bond motifs is 1. The van der Waals surface area contributed by atoms with E-state index in [0.717, 1.165) is 0 Å². The lowest BCUT2D eigenvalue weighted by Gasteiger charge is -2.42. The van der Waals surface area contributed by atoms with Crippen LogP contribution < -0.4 is 20.3 Å². The van der Waals surface area contributed by atoms with Crippen molar-refractivity contribution in [2.75, 3.05) is 15.5 Å². The number of amides is 3. The molecule has 0 aromatic heterocycles. The van der Waals surface area contributed by atoms with Gasteiger partial charge in [-0.2, -0.15) is 0 Å². The molecule has 0 saturated carbocycles. The van der Waals surface area contributed by atoms with Crippen LogP contribution in [0.5, 0.6) is 5.75 Å². The third-order valence-electron chi connectivity index (χ3n) is 5.54. The summed E-state index contributed by atoms with van der Waals surface area (Å²) in [6.07, 6.45) is -0.950. The number of carbonyl (C=O) groups is 3. The van der Waals surface area contributed by atoms with E-state index in [-0.39, 0.29) is 23.5 Å². The molecule has 33 heavy (non-hydrogen) atoms. The molecule has 2 N–H and O–H groups in total. The summed E-state index contributed by atoms with van der Waals surface area (Å²) in [5.41, 5.74) is 0.992. The number of hydrogen-bond acceptors (Lipinski definition) is 4. The molecule has 3 amide bonds. The van der Waals surface area contributed by atoms with E-state index in [1.54, 1.807) is 81.4 Å². The van der Waals surface area contributed by atoms with Crippen LogP contribution in [0.4, 0.5) is 17.1 Å². The summed E-state index contributed by atoms with van der Waals surface area (Å²) in [5, 5.41) is 5.67. The van der Waals surface area contributed by atoms with Gasteiger partial charge in [0, 0.05) is 5.69 Å². The van der Waals surface area contributed by atoms with E-state index in [4.69, 9.17) is 4.74 Å². The minimum absolute atomic E-state index is 0.277.